The first-order valence-electron chi connectivity index (χ1n) is 10.3. The van der Waals surface area contributed by atoms with Gasteiger partial charge in [-0.1, -0.05) is 30.3 Å². The van der Waals surface area contributed by atoms with Gasteiger partial charge in [0.1, 0.15) is 12.4 Å². The van der Waals surface area contributed by atoms with Crippen LogP contribution >= 0.6 is 11.3 Å². The highest BCUT2D eigenvalue weighted by atomic mass is 32.1. The van der Waals surface area contributed by atoms with Gasteiger partial charge in [0, 0.05) is 22.6 Å². The smallest absolute Gasteiger partial charge is 0.482 e. The van der Waals surface area contributed by atoms with Crippen molar-refractivity contribution in [1.82, 2.24) is 4.98 Å². The molecule has 0 aliphatic heterocycles. The van der Waals surface area contributed by atoms with E-state index < -0.39 is 17.2 Å². The van der Waals surface area contributed by atoms with Crippen LogP contribution in [0.3, 0.4) is 0 Å². The van der Waals surface area contributed by atoms with E-state index in [0.717, 1.165) is 35.1 Å². The van der Waals surface area contributed by atoms with Crippen molar-refractivity contribution in [3.05, 3.63) is 99.4 Å². The fourth-order valence-corrected chi connectivity index (χ4v) is 3.83. The predicted octanol–water partition coefficient (Wildman–Crippen LogP) is 6.45. The number of anilines is 1. The van der Waals surface area contributed by atoms with Crippen LogP contribution in [0.1, 0.15) is 15.9 Å². The first-order valence-corrected chi connectivity index (χ1v) is 11.1. The summed E-state index contributed by atoms with van der Waals surface area (Å²) in [6.45, 7) is 0.123. The molecule has 0 aliphatic rings. The maximum atomic E-state index is 12.7. The predicted molar refractivity (Wildman–Crippen MR) is 126 cm³/mol. The van der Waals surface area contributed by atoms with E-state index >= 15 is 0 Å². The molecule has 4 rings (SSSR count). The molecule has 3 aromatic carbocycles. The van der Waals surface area contributed by atoms with Crippen molar-refractivity contribution in [1.29, 1.82) is 0 Å². The summed E-state index contributed by atoms with van der Waals surface area (Å²) in [4.78, 5) is 27.8. The Kier molecular flexibility index (Phi) is 7.15. The molecule has 0 radical (unpaired) electrons. The lowest BCUT2D eigenvalue weighted by molar-refractivity contribution is -0.386. The molecule has 0 atom stereocenters. The zero-order chi connectivity index (χ0) is 25.7. The number of halogens is 3. The lowest BCUT2D eigenvalue weighted by Crippen LogP contribution is -2.16. The van der Waals surface area contributed by atoms with E-state index in [4.69, 9.17) is 4.74 Å². The second-order valence-electron chi connectivity index (χ2n) is 7.28. The van der Waals surface area contributed by atoms with Crippen LogP contribution < -0.4 is 14.8 Å². The first-order chi connectivity index (χ1) is 17.2. The number of thiazole rings is 1. The van der Waals surface area contributed by atoms with Crippen molar-refractivity contribution in [3.63, 3.8) is 0 Å². The van der Waals surface area contributed by atoms with Gasteiger partial charge in [-0.3, -0.25) is 20.2 Å². The molecule has 1 amide bonds. The van der Waals surface area contributed by atoms with Gasteiger partial charge in [0.05, 0.1) is 10.6 Å². The number of amides is 1. The quantitative estimate of drug-likeness (QED) is 0.214. The van der Waals surface area contributed by atoms with Crippen LogP contribution in [0.5, 0.6) is 11.5 Å². The van der Waals surface area contributed by atoms with E-state index in [-0.39, 0.29) is 34.5 Å². The molecule has 0 bridgehead atoms. The van der Waals surface area contributed by atoms with E-state index in [1.165, 1.54) is 24.3 Å². The Morgan fingerprint density at radius 3 is 2.44 bits per heavy atom. The monoisotopic (exact) mass is 515 g/mol. The summed E-state index contributed by atoms with van der Waals surface area (Å²) in [5.41, 5.74) is 1.43. The third-order valence-electron chi connectivity index (χ3n) is 4.76. The number of rotatable bonds is 8. The number of hydrogen-bond donors (Lipinski definition) is 1. The molecule has 0 aliphatic carbocycles. The second kappa shape index (κ2) is 10.4. The molecule has 36 heavy (non-hydrogen) atoms. The molecule has 0 saturated heterocycles. The van der Waals surface area contributed by atoms with Crippen molar-refractivity contribution in [2.24, 2.45) is 0 Å². The zero-order valence-corrected chi connectivity index (χ0v) is 19.0. The van der Waals surface area contributed by atoms with Crippen molar-refractivity contribution < 1.29 is 32.4 Å². The van der Waals surface area contributed by atoms with Gasteiger partial charge < -0.3 is 9.47 Å². The number of benzene rings is 3. The molecule has 0 spiro atoms. The number of nitro benzene ring substituents is 1. The van der Waals surface area contributed by atoms with Gasteiger partial charge in [-0.15, -0.1) is 24.5 Å². The van der Waals surface area contributed by atoms with Gasteiger partial charge in [-0.05, 0) is 42.0 Å². The normalized spacial score (nSPS) is 11.1. The standard InChI is InChI=1S/C24H16F3N3O5S/c25-24(26,27)35-18-9-6-16(7-10-18)19-14-36-23(28-19)29-22(31)17-8-11-21(20(12-17)30(32)33)34-13-15-4-2-1-3-5-15/h1-12,14H,13H2,(H,28,29,31). The van der Waals surface area contributed by atoms with Crippen LogP contribution in [0, 0.1) is 10.1 Å². The van der Waals surface area contributed by atoms with E-state index in [2.05, 4.69) is 15.0 Å². The molecule has 4 aromatic rings. The van der Waals surface area contributed by atoms with Crippen molar-refractivity contribution in [3.8, 4) is 22.8 Å². The Morgan fingerprint density at radius 1 is 1.06 bits per heavy atom. The minimum atomic E-state index is -4.79. The molecule has 1 N–H and O–H groups in total. The van der Waals surface area contributed by atoms with Crippen LogP contribution in [-0.4, -0.2) is 22.2 Å². The Labute approximate surface area is 206 Å². The molecule has 0 unspecified atom stereocenters. The summed E-state index contributed by atoms with van der Waals surface area (Å²) < 4.78 is 46.3. The molecule has 0 saturated carbocycles. The number of nitrogens with one attached hydrogen (secondary N) is 1. The number of ether oxygens (including phenoxy) is 2. The Bertz CT molecular complexity index is 1380. The Hall–Kier alpha value is -4.45. The third-order valence-corrected chi connectivity index (χ3v) is 5.52. The lowest BCUT2D eigenvalue weighted by Gasteiger charge is -2.09. The van der Waals surface area contributed by atoms with Crippen molar-refractivity contribution >= 4 is 28.1 Å². The molecule has 8 nitrogen and oxygen atoms in total. The average molecular weight is 515 g/mol. The number of alkyl halides is 3. The molecule has 1 aromatic heterocycles. The van der Waals surface area contributed by atoms with Crippen LogP contribution in [0.2, 0.25) is 0 Å². The molecule has 184 valence electrons. The lowest BCUT2D eigenvalue weighted by atomic mass is 10.1. The van der Waals surface area contributed by atoms with E-state index in [0.29, 0.717) is 11.3 Å². The number of aromatic nitrogens is 1. The highest BCUT2D eigenvalue weighted by Crippen LogP contribution is 2.31. The largest absolute Gasteiger partial charge is 0.573 e. The van der Waals surface area contributed by atoms with Crippen molar-refractivity contribution in [2.75, 3.05) is 5.32 Å². The summed E-state index contributed by atoms with van der Waals surface area (Å²) in [6, 6.07) is 18.1. The zero-order valence-electron chi connectivity index (χ0n) is 18.2. The van der Waals surface area contributed by atoms with Gasteiger partial charge in [-0.25, -0.2) is 4.98 Å². The maximum absolute atomic E-state index is 12.7. The first kappa shape index (κ1) is 24.7. The van der Waals surface area contributed by atoms with E-state index in [9.17, 15) is 28.1 Å². The highest BCUT2D eigenvalue weighted by Gasteiger charge is 2.31. The molecule has 12 heteroatoms. The van der Waals surface area contributed by atoms with Gasteiger partial charge in [-0.2, -0.15) is 0 Å². The fourth-order valence-electron chi connectivity index (χ4n) is 3.12. The molecular weight excluding hydrogens is 499 g/mol. The van der Waals surface area contributed by atoms with Gasteiger partial charge in [0.15, 0.2) is 10.9 Å². The number of nitrogens with zero attached hydrogens (tertiary/aromatic N) is 2. The van der Waals surface area contributed by atoms with Crippen LogP contribution in [0.25, 0.3) is 11.3 Å². The van der Waals surface area contributed by atoms with Gasteiger partial charge in [0.2, 0.25) is 0 Å². The fraction of sp³-hybridized carbons (Fsp3) is 0.0833. The van der Waals surface area contributed by atoms with Crippen LogP contribution in [-0.2, 0) is 6.61 Å². The Morgan fingerprint density at radius 2 is 1.78 bits per heavy atom. The minimum absolute atomic E-state index is 0.0230. The number of carbonyl (C=O) groups excluding carboxylic acids is 1. The summed E-state index contributed by atoms with van der Waals surface area (Å²) in [6.07, 6.45) is -4.79. The summed E-state index contributed by atoms with van der Waals surface area (Å²) in [5, 5.41) is 15.9. The summed E-state index contributed by atoms with van der Waals surface area (Å²) >= 11 is 1.09. The number of nitro groups is 1. The maximum Gasteiger partial charge on any atom is 0.573 e. The topological polar surface area (TPSA) is 104 Å². The third kappa shape index (κ3) is 6.36. The summed E-state index contributed by atoms with van der Waals surface area (Å²) in [7, 11) is 0. The second-order valence-corrected chi connectivity index (χ2v) is 8.14. The number of carbonyl (C=O) groups is 1. The molecular formula is C24H16F3N3O5S. The SMILES string of the molecule is O=C(Nc1nc(-c2ccc(OC(F)(F)F)cc2)cs1)c1ccc(OCc2ccccc2)c([N+](=O)[O-])c1. The van der Waals surface area contributed by atoms with Crippen LogP contribution in [0.15, 0.2) is 78.2 Å². The van der Waals surface area contributed by atoms with Crippen LogP contribution in [0.4, 0.5) is 24.0 Å². The molecule has 1 heterocycles. The van der Waals surface area contributed by atoms with Gasteiger partial charge in [0.25, 0.3) is 5.91 Å². The molecule has 0 fully saturated rings. The summed E-state index contributed by atoms with van der Waals surface area (Å²) in [5.74, 6) is -0.967. The Balaban J connectivity index is 1.44. The average Bonchev–Trinajstić information content (AvgIpc) is 3.31. The minimum Gasteiger partial charge on any atom is -0.482 e. The van der Waals surface area contributed by atoms with Crippen molar-refractivity contribution in [2.45, 2.75) is 13.0 Å². The van der Waals surface area contributed by atoms with E-state index in [1.54, 1.807) is 5.38 Å². The number of hydrogen-bond acceptors (Lipinski definition) is 7. The van der Waals surface area contributed by atoms with Gasteiger partial charge >= 0.3 is 12.0 Å². The van der Waals surface area contributed by atoms with E-state index in [1.807, 2.05) is 30.3 Å². The highest BCUT2D eigenvalue weighted by molar-refractivity contribution is 7.14.